The van der Waals surface area contributed by atoms with Crippen LogP contribution in [0, 0.1) is 6.92 Å². The molecule has 6 heteroatoms. The number of likely N-dealkylation sites (tertiary alicyclic amines) is 1. The summed E-state index contributed by atoms with van der Waals surface area (Å²) in [7, 11) is 0. The molecule has 0 aliphatic carbocycles. The monoisotopic (exact) mass is 451 g/mol. The van der Waals surface area contributed by atoms with Crippen LogP contribution in [0.2, 0.25) is 0 Å². The van der Waals surface area contributed by atoms with Gasteiger partial charge < -0.3 is 19.8 Å². The zero-order chi connectivity index (χ0) is 24.3. The molecule has 0 spiro atoms. The Labute approximate surface area is 195 Å². The van der Waals surface area contributed by atoms with Crippen LogP contribution in [-0.4, -0.2) is 46.6 Å². The van der Waals surface area contributed by atoms with Crippen LogP contribution in [0.15, 0.2) is 48.0 Å². The molecule has 1 saturated heterocycles. The summed E-state index contributed by atoms with van der Waals surface area (Å²) >= 11 is 0. The molecule has 1 atom stereocenters. The molecule has 1 amide bonds. The number of aliphatic hydroxyl groups is 2. The number of amides is 1. The highest BCUT2D eigenvalue weighted by atomic mass is 16.5. The summed E-state index contributed by atoms with van der Waals surface area (Å²) < 4.78 is 5.54. The van der Waals surface area contributed by atoms with Gasteiger partial charge in [-0.05, 0) is 53.6 Å². The van der Waals surface area contributed by atoms with Crippen LogP contribution in [-0.2, 0) is 15.0 Å². The first-order chi connectivity index (χ1) is 15.6. The molecule has 6 nitrogen and oxygen atoms in total. The lowest BCUT2D eigenvalue weighted by Gasteiger charge is -2.26. The van der Waals surface area contributed by atoms with E-state index in [2.05, 4.69) is 20.8 Å². The third-order valence-electron chi connectivity index (χ3n) is 5.90. The Balaban J connectivity index is 2.21. The highest BCUT2D eigenvalue weighted by Gasteiger charge is 2.46. The topological polar surface area (TPSA) is 87.1 Å². The Kier molecular flexibility index (Phi) is 7.28. The molecule has 0 bridgehead atoms. The first kappa shape index (κ1) is 24.5. The third-order valence-corrected chi connectivity index (χ3v) is 5.90. The van der Waals surface area contributed by atoms with E-state index in [1.54, 1.807) is 18.2 Å². The van der Waals surface area contributed by atoms with Gasteiger partial charge in [0.25, 0.3) is 11.7 Å². The van der Waals surface area contributed by atoms with E-state index in [4.69, 9.17) is 9.84 Å². The van der Waals surface area contributed by atoms with Gasteiger partial charge >= 0.3 is 0 Å². The second-order valence-corrected chi connectivity index (χ2v) is 9.42. The summed E-state index contributed by atoms with van der Waals surface area (Å²) in [5.74, 6) is -0.945. The molecule has 1 unspecified atom stereocenters. The SMILES string of the molecule is CCCN1C(=O)C(=O)/C(=C(/O)c2cc(C(C)(C)C)ccc2C)C1c1cccc(OCCO)c1. The normalized spacial score (nSPS) is 18.1. The lowest BCUT2D eigenvalue weighted by molar-refractivity contribution is -0.139. The summed E-state index contributed by atoms with van der Waals surface area (Å²) in [6.07, 6.45) is 0.669. The van der Waals surface area contributed by atoms with E-state index in [9.17, 15) is 14.7 Å². The number of nitrogens with zero attached hydrogens (tertiary/aromatic N) is 1. The largest absolute Gasteiger partial charge is 0.507 e. The number of aryl methyl sites for hydroxylation is 1. The van der Waals surface area contributed by atoms with Crippen molar-refractivity contribution in [3.63, 3.8) is 0 Å². The van der Waals surface area contributed by atoms with E-state index < -0.39 is 17.7 Å². The molecule has 2 aromatic carbocycles. The van der Waals surface area contributed by atoms with Crippen LogP contribution in [0.5, 0.6) is 5.75 Å². The van der Waals surface area contributed by atoms with Gasteiger partial charge in [-0.3, -0.25) is 9.59 Å². The molecule has 1 aliphatic heterocycles. The predicted octanol–water partition coefficient (Wildman–Crippen LogP) is 4.50. The van der Waals surface area contributed by atoms with Crippen LogP contribution in [0.25, 0.3) is 5.76 Å². The number of Topliss-reactive ketones (excluding diaryl/α,β-unsaturated/α-hetero) is 1. The average Bonchev–Trinajstić information content (AvgIpc) is 3.02. The maximum Gasteiger partial charge on any atom is 0.295 e. The van der Waals surface area contributed by atoms with Crippen molar-refractivity contribution in [3.8, 4) is 5.75 Å². The first-order valence-electron chi connectivity index (χ1n) is 11.3. The van der Waals surface area contributed by atoms with Crippen molar-refractivity contribution < 1.29 is 24.5 Å². The fourth-order valence-corrected chi connectivity index (χ4v) is 4.12. The number of hydrogen-bond acceptors (Lipinski definition) is 5. The van der Waals surface area contributed by atoms with Crippen molar-refractivity contribution in [2.75, 3.05) is 19.8 Å². The van der Waals surface area contributed by atoms with E-state index in [1.165, 1.54) is 4.90 Å². The Morgan fingerprint density at radius 3 is 2.48 bits per heavy atom. The Morgan fingerprint density at radius 1 is 1.12 bits per heavy atom. The van der Waals surface area contributed by atoms with E-state index in [0.29, 0.717) is 29.8 Å². The minimum absolute atomic E-state index is 0.0851. The summed E-state index contributed by atoms with van der Waals surface area (Å²) in [4.78, 5) is 27.6. The zero-order valence-electron chi connectivity index (χ0n) is 20.0. The van der Waals surface area contributed by atoms with Gasteiger partial charge in [0.05, 0.1) is 18.2 Å². The Morgan fingerprint density at radius 2 is 1.85 bits per heavy atom. The van der Waals surface area contributed by atoms with Gasteiger partial charge in [0, 0.05) is 12.1 Å². The molecule has 1 aliphatic rings. The lowest BCUT2D eigenvalue weighted by Crippen LogP contribution is -2.30. The van der Waals surface area contributed by atoms with Gasteiger partial charge in [-0.15, -0.1) is 0 Å². The standard InChI is InChI=1S/C27H33NO5/c1-6-12-28-23(18-8-7-9-20(15-18)33-14-13-29)22(25(31)26(28)32)24(30)21-16-19(27(3,4)5)11-10-17(21)2/h7-11,15-16,23,29-30H,6,12-14H2,1-5H3/b24-22+. The van der Waals surface area contributed by atoms with Crippen LogP contribution in [0.3, 0.4) is 0 Å². The minimum Gasteiger partial charge on any atom is -0.507 e. The number of carbonyl (C=O) groups is 2. The molecule has 0 saturated carbocycles. The molecule has 1 heterocycles. The molecule has 2 N–H and O–H groups in total. The maximum atomic E-state index is 13.2. The Hall–Kier alpha value is -3.12. The number of carbonyl (C=O) groups excluding carboxylic acids is 2. The number of ether oxygens (including phenoxy) is 1. The van der Waals surface area contributed by atoms with Crippen molar-refractivity contribution in [2.24, 2.45) is 0 Å². The van der Waals surface area contributed by atoms with Gasteiger partial charge in [0.15, 0.2) is 0 Å². The van der Waals surface area contributed by atoms with Crippen LogP contribution >= 0.6 is 0 Å². The van der Waals surface area contributed by atoms with Gasteiger partial charge in [-0.2, -0.15) is 0 Å². The zero-order valence-corrected chi connectivity index (χ0v) is 20.0. The van der Waals surface area contributed by atoms with Gasteiger partial charge in [-0.1, -0.05) is 52.0 Å². The van der Waals surface area contributed by atoms with Crippen molar-refractivity contribution in [3.05, 3.63) is 70.3 Å². The number of ketones is 1. The van der Waals surface area contributed by atoms with Crippen LogP contribution in [0.1, 0.15) is 62.4 Å². The van der Waals surface area contributed by atoms with Crippen molar-refractivity contribution >= 4 is 17.4 Å². The summed E-state index contributed by atoms with van der Waals surface area (Å²) in [5.41, 5.74) is 3.00. The fraction of sp³-hybridized carbons (Fsp3) is 0.407. The van der Waals surface area contributed by atoms with E-state index in [0.717, 1.165) is 11.1 Å². The summed E-state index contributed by atoms with van der Waals surface area (Å²) in [5, 5.41) is 20.5. The van der Waals surface area contributed by atoms with Crippen molar-refractivity contribution in [1.29, 1.82) is 0 Å². The maximum absolute atomic E-state index is 13.2. The second-order valence-electron chi connectivity index (χ2n) is 9.42. The second kappa shape index (κ2) is 9.79. The van der Waals surface area contributed by atoms with Crippen LogP contribution in [0.4, 0.5) is 0 Å². The van der Waals surface area contributed by atoms with E-state index in [1.807, 2.05) is 38.1 Å². The number of aliphatic hydroxyl groups excluding tert-OH is 2. The van der Waals surface area contributed by atoms with Gasteiger partial charge in [0.2, 0.25) is 0 Å². The average molecular weight is 452 g/mol. The molecule has 0 aromatic heterocycles. The quantitative estimate of drug-likeness (QED) is 0.368. The number of rotatable bonds is 7. The molecule has 3 rings (SSSR count). The molecular weight excluding hydrogens is 418 g/mol. The van der Waals surface area contributed by atoms with Crippen molar-refractivity contribution in [2.45, 2.75) is 52.5 Å². The molecule has 176 valence electrons. The fourth-order valence-electron chi connectivity index (χ4n) is 4.12. The summed E-state index contributed by atoms with van der Waals surface area (Å²) in [6, 6.07) is 12.2. The van der Waals surface area contributed by atoms with E-state index in [-0.39, 0.29) is 30.0 Å². The molecule has 33 heavy (non-hydrogen) atoms. The first-order valence-corrected chi connectivity index (χ1v) is 11.3. The minimum atomic E-state index is -0.722. The molecule has 0 radical (unpaired) electrons. The number of benzene rings is 2. The highest BCUT2D eigenvalue weighted by molar-refractivity contribution is 6.46. The van der Waals surface area contributed by atoms with Gasteiger partial charge in [-0.25, -0.2) is 0 Å². The molecule has 1 fully saturated rings. The smallest absolute Gasteiger partial charge is 0.295 e. The predicted molar refractivity (Wildman–Crippen MR) is 128 cm³/mol. The van der Waals surface area contributed by atoms with E-state index >= 15 is 0 Å². The van der Waals surface area contributed by atoms with Gasteiger partial charge in [0.1, 0.15) is 18.1 Å². The van der Waals surface area contributed by atoms with Crippen molar-refractivity contribution in [1.82, 2.24) is 4.90 Å². The Bertz CT molecular complexity index is 1080. The highest BCUT2D eigenvalue weighted by Crippen LogP contribution is 2.41. The number of hydrogen-bond donors (Lipinski definition) is 2. The third kappa shape index (κ3) is 4.96. The molecule has 2 aromatic rings. The molecular formula is C27H33NO5. The van der Waals surface area contributed by atoms with Crippen LogP contribution < -0.4 is 4.74 Å². The lowest BCUT2D eigenvalue weighted by atomic mass is 9.84. The summed E-state index contributed by atoms with van der Waals surface area (Å²) in [6.45, 7) is 10.5.